The summed E-state index contributed by atoms with van der Waals surface area (Å²) in [6, 6.07) is 2.44. The molecule has 2 atom stereocenters. The van der Waals surface area contributed by atoms with Crippen LogP contribution in [0.5, 0.6) is 0 Å². The van der Waals surface area contributed by atoms with Gasteiger partial charge in [-0.3, -0.25) is 4.68 Å². The van der Waals surface area contributed by atoms with Crippen LogP contribution in [-0.4, -0.2) is 22.9 Å². The molecule has 1 aromatic heterocycles. The fourth-order valence-corrected chi connectivity index (χ4v) is 1.32. The summed E-state index contributed by atoms with van der Waals surface area (Å²) in [4.78, 5) is 0. The minimum Gasteiger partial charge on any atom is -0.317 e. The summed E-state index contributed by atoms with van der Waals surface area (Å²) in [5, 5.41) is 7.58. The van der Waals surface area contributed by atoms with Gasteiger partial charge in [0.2, 0.25) is 0 Å². The average Bonchev–Trinajstić information content (AvgIpc) is 2.65. The van der Waals surface area contributed by atoms with Crippen molar-refractivity contribution in [2.45, 2.75) is 26.8 Å². The summed E-state index contributed by atoms with van der Waals surface area (Å²) >= 11 is 0. The minimum absolute atomic E-state index is 0.467. The quantitative estimate of drug-likeness (QED) is 0.749. The van der Waals surface area contributed by atoms with Gasteiger partial charge in [0.25, 0.3) is 0 Å². The van der Waals surface area contributed by atoms with Crippen LogP contribution in [0.4, 0.5) is 0 Å². The van der Waals surface area contributed by atoms with Crippen molar-refractivity contribution in [1.29, 1.82) is 0 Å². The first-order valence-electron chi connectivity index (χ1n) is 4.95. The molecule has 0 spiro atoms. The number of nitrogens with one attached hydrogen (secondary N) is 1. The molecule has 1 aromatic rings. The third-order valence-corrected chi connectivity index (χ3v) is 2.48. The van der Waals surface area contributed by atoms with Gasteiger partial charge >= 0.3 is 0 Å². The first-order valence-corrected chi connectivity index (χ1v) is 4.95. The third kappa shape index (κ3) is 2.84. The molecule has 0 aromatic carbocycles. The van der Waals surface area contributed by atoms with Crippen LogP contribution in [0.2, 0.25) is 0 Å². The van der Waals surface area contributed by atoms with E-state index in [9.17, 15) is 0 Å². The molecule has 0 saturated carbocycles. The summed E-state index contributed by atoms with van der Waals surface area (Å²) in [6.07, 6.45) is 3.85. The van der Waals surface area contributed by atoms with Gasteiger partial charge in [-0.1, -0.05) is 13.8 Å². The molecule has 0 aliphatic rings. The maximum atomic E-state index is 4.23. The van der Waals surface area contributed by atoms with E-state index in [-0.39, 0.29) is 0 Å². The number of rotatable bonds is 5. The largest absolute Gasteiger partial charge is 0.317 e. The molecule has 0 aliphatic carbocycles. The maximum Gasteiger partial charge on any atom is 0.0528 e. The Kier molecular flexibility index (Phi) is 3.96. The number of hydrogen-bond donors (Lipinski definition) is 1. The Labute approximate surface area is 80.1 Å². The van der Waals surface area contributed by atoms with Gasteiger partial charge in [-0.25, -0.2) is 0 Å². The van der Waals surface area contributed by atoms with Crippen LogP contribution in [0.25, 0.3) is 0 Å². The lowest BCUT2D eigenvalue weighted by Crippen LogP contribution is -2.26. The second-order valence-corrected chi connectivity index (χ2v) is 3.51. The highest BCUT2D eigenvalue weighted by Crippen LogP contribution is 2.14. The van der Waals surface area contributed by atoms with Crippen LogP contribution in [0.3, 0.4) is 0 Å². The molecule has 0 aliphatic heterocycles. The molecule has 3 heteroatoms. The third-order valence-electron chi connectivity index (χ3n) is 2.48. The normalized spacial score (nSPS) is 15.6. The van der Waals surface area contributed by atoms with Gasteiger partial charge in [-0.15, -0.1) is 0 Å². The molecular formula is C10H19N3. The molecule has 0 bridgehead atoms. The second-order valence-electron chi connectivity index (χ2n) is 3.51. The number of aromatic nitrogens is 2. The molecule has 3 nitrogen and oxygen atoms in total. The molecule has 13 heavy (non-hydrogen) atoms. The molecular weight excluding hydrogens is 162 g/mol. The van der Waals surface area contributed by atoms with E-state index in [2.05, 4.69) is 31.2 Å². The van der Waals surface area contributed by atoms with Gasteiger partial charge in [-0.05, 0) is 32.0 Å². The van der Waals surface area contributed by atoms with Gasteiger partial charge in [0.15, 0.2) is 0 Å². The zero-order chi connectivity index (χ0) is 9.68. The van der Waals surface area contributed by atoms with E-state index in [1.54, 1.807) is 0 Å². The summed E-state index contributed by atoms with van der Waals surface area (Å²) in [5.41, 5.74) is 0. The fourth-order valence-electron chi connectivity index (χ4n) is 1.32. The van der Waals surface area contributed by atoms with Crippen molar-refractivity contribution in [2.75, 3.05) is 13.1 Å². The van der Waals surface area contributed by atoms with E-state index in [4.69, 9.17) is 0 Å². The van der Waals surface area contributed by atoms with Crippen molar-refractivity contribution in [3.8, 4) is 0 Å². The Morgan fingerprint density at radius 2 is 2.23 bits per heavy atom. The molecule has 2 unspecified atom stereocenters. The van der Waals surface area contributed by atoms with E-state index in [1.807, 2.05) is 23.1 Å². The first kappa shape index (κ1) is 10.3. The first-order chi connectivity index (χ1) is 6.25. The molecule has 1 heterocycles. The standard InChI is InChI=1S/C10H19N3/c1-4-11-8-9(2)10(3)13-7-5-6-12-13/h5-7,9-11H,4,8H2,1-3H3. The lowest BCUT2D eigenvalue weighted by atomic mass is 10.0. The highest BCUT2D eigenvalue weighted by molar-refractivity contribution is 4.82. The van der Waals surface area contributed by atoms with E-state index in [0.717, 1.165) is 13.1 Å². The Morgan fingerprint density at radius 3 is 2.77 bits per heavy atom. The maximum absolute atomic E-state index is 4.23. The Balaban J connectivity index is 2.43. The molecule has 1 N–H and O–H groups in total. The molecule has 74 valence electrons. The van der Waals surface area contributed by atoms with E-state index < -0.39 is 0 Å². The van der Waals surface area contributed by atoms with Gasteiger partial charge in [-0.2, -0.15) is 5.10 Å². The summed E-state index contributed by atoms with van der Waals surface area (Å²) in [6.45, 7) is 8.67. The van der Waals surface area contributed by atoms with Gasteiger partial charge in [0.1, 0.15) is 0 Å². The van der Waals surface area contributed by atoms with Crippen LogP contribution in [0, 0.1) is 5.92 Å². The Morgan fingerprint density at radius 1 is 1.46 bits per heavy atom. The van der Waals surface area contributed by atoms with E-state index in [1.165, 1.54) is 0 Å². The highest BCUT2D eigenvalue weighted by atomic mass is 15.3. The topological polar surface area (TPSA) is 29.9 Å². The molecule has 1 rings (SSSR count). The smallest absolute Gasteiger partial charge is 0.0528 e. The lowest BCUT2D eigenvalue weighted by molar-refractivity contribution is 0.339. The summed E-state index contributed by atoms with van der Waals surface area (Å²) in [5.74, 6) is 0.611. The van der Waals surface area contributed by atoms with Crippen molar-refractivity contribution in [3.05, 3.63) is 18.5 Å². The molecule has 0 radical (unpaired) electrons. The summed E-state index contributed by atoms with van der Waals surface area (Å²) < 4.78 is 2.02. The Hall–Kier alpha value is -0.830. The Bertz CT molecular complexity index is 218. The van der Waals surface area contributed by atoms with Crippen LogP contribution < -0.4 is 5.32 Å². The average molecular weight is 181 g/mol. The van der Waals surface area contributed by atoms with Crippen LogP contribution in [0.1, 0.15) is 26.8 Å². The fraction of sp³-hybridized carbons (Fsp3) is 0.700. The van der Waals surface area contributed by atoms with Crippen LogP contribution >= 0.6 is 0 Å². The van der Waals surface area contributed by atoms with Gasteiger partial charge < -0.3 is 5.32 Å². The number of nitrogens with zero attached hydrogens (tertiary/aromatic N) is 2. The van der Waals surface area contributed by atoms with E-state index in [0.29, 0.717) is 12.0 Å². The molecule has 0 amide bonds. The van der Waals surface area contributed by atoms with Crippen molar-refractivity contribution in [3.63, 3.8) is 0 Å². The molecule has 0 saturated heterocycles. The van der Waals surface area contributed by atoms with Gasteiger partial charge in [0.05, 0.1) is 6.04 Å². The predicted molar refractivity (Wildman–Crippen MR) is 54.6 cm³/mol. The highest BCUT2D eigenvalue weighted by Gasteiger charge is 2.12. The molecule has 0 fully saturated rings. The van der Waals surface area contributed by atoms with Crippen molar-refractivity contribution in [2.24, 2.45) is 5.92 Å². The van der Waals surface area contributed by atoms with Gasteiger partial charge in [0, 0.05) is 12.4 Å². The zero-order valence-corrected chi connectivity index (χ0v) is 8.70. The van der Waals surface area contributed by atoms with Crippen LogP contribution in [-0.2, 0) is 0 Å². The van der Waals surface area contributed by atoms with E-state index >= 15 is 0 Å². The summed E-state index contributed by atoms with van der Waals surface area (Å²) in [7, 11) is 0. The van der Waals surface area contributed by atoms with Crippen molar-refractivity contribution < 1.29 is 0 Å². The second kappa shape index (κ2) is 5.02. The van der Waals surface area contributed by atoms with Crippen molar-refractivity contribution in [1.82, 2.24) is 15.1 Å². The SMILES string of the molecule is CCNCC(C)C(C)n1cccn1. The monoisotopic (exact) mass is 181 g/mol. The number of hydrogen-bond acceptors (Lipinski definition) is 2. The zero-order valence-electron chi connectivity index (χ0n) is 8.70. The minimum atomic E-state index is 0.467. The lowest BCUT2D eigenvalue weighted by Gasteiger charge is -2.20. The van der Waals surface area contributed by atoms with Crippen molar-refractivity contribution >= 4 is 0 Å². The predicted octanol–water partition coefficient (Wildman–Crippen LogP) is 1.69. The van der Waals surface area contributed by atoms with Crippen LogP contribution in [0.15, 0.2) is 18.5 Å².